The van der Waals surface area contributed by atoms with E-state index in [9.17, 15) is 18.5 Å². The summed E-state index contributed by atoms with van der Waals surface area (Å²) in [5.41, 5.74) is 0.794. The fraction of sp³-hybridized carbons (Fsp3) is 0.200. The number of methoxy groups -OCH3 is 1. The van der Waals surface area contributed by atoms with E-state index in [0.717, 1.165) is 11.6 Å². The number of nitro groups is 1. The molecule has 0 bridgehead atoms. The van der Waals surface area contributed by atoms with E-state index >= 15 is 0 Å². The minimum Gasteiger partial charge on any atom is -0.497 e. The average molecular weight is 351 g/mol. The molecule has 0 aliphatic carbocycles. The van der Waals surface area contributed by atoms with Crippen LogP contribution in [0.2, 0.25) is 0 Å². The van der Waals surface area contributed by atoms with Crippen molar-refractivity contribution in [2.45, 2.75) is 11.4 Å². The lowest BCUT2D eigenvalue weighted by atomic mass is 10.2. The molecule has 128 valence electrons. The summed E-state index contributed by atoms with van der Waals surface area (Å²) < 4.78 is 30.8. The summed E-state index contributed by atoms with van der Waals surface area (Å²) in [5.74, 6) is 0.680. The molecule has 2 aromatic carbocycles. The van der Waals surface area contributed by atoms with Crippen LogP contribution in [0.15, 0.2) is 47.4 Å². The quantitative estimate of drug-likeness (QED) is 0.584. The van der Waals surface area contributed by atoms with Crippen LogP contribution in [0.5, 0.6) is 5.75 Å². The third-order valence-electron chi connectivity index (χ3n) is 3.36. The van der Waals surface area contributed by atoms with Gasteiger partial charge in [0.05, 0.1) is 16.9 Å². The highest BCUT2D eigenvalue weighted by molar-refractivity contribution is 7.89. The predicted octanol–water partition coefficient (Wildman–Crippen LogP) is 2.12. The summed E-state index contributed by atoms with van der Waals surface area (Å²) in [6, 6.07) is 11.0. The van der Waals surface area contributed by atoms with Crippen LogP contribution in [0.1, 0.15) is 5.56 Å². The van der Waals surface area contributed by atoms with Crippen molar-refractivity contribution in [3.8, 4) is 5.75 Å². The maximum Gasteiger partial charge on any atom is 0.293 e. The van der Waals surface area contributed by atoms with Crippen molar-refractivity contribution in [2.24, 2.45) is 0 Å². The highest BCUT2D eigenvalue weighted by Gasteiger charge is 2.20. The number of nitro benzene ring substituents is 1. The Balaban J connectivity index is 2.28. The lowest BCUT2D eigenvalue weighted by Gasteiger charge is -2.10. The summed E-state index contributed by atoms with van der Waals surface area (Å²) in [6.07, 6.45) is 0. The summed E-state index contributed by atoms with van der Waals surface area (Å²) >= 11 is 0. The molecule has 0 amide bonds. The molecule has 0 aliphatic heterocycles. The molecule has 0 saturated heterocycles. The van der Waals surface area contributed by atoms with Crippen molar-refractivity contribution < 1.29 is 18.1 Å². The second-order valence-electron chi connectivity index (χ2n) is 4.85. The Morgan fingerprint density at radius 1 is 1.21 bits per heavy atom. The van der Waals surface area contributed by atoms with Crippen LogP contribution in [0.4, 0.5) is 11.4 Å². The van der Waals surface area contributed by atoms with Gasteiger partial charge in [0.1, 0.15) is 11.4 Å². The fourth-order valence-electron chi connectivity index (χ4n) is 2.08. The van der Waals surface area contributed by atoms with Gasteiger partial charge in [0.25, 0.3) is 5.69 Å². The van der Waals surface area contributed by atoms with Crippen LogP contribution >= 0.6 is 0 Å². The average Bonchev–Trinajstić information content (AvgIpc) is 2.59. The maximum absolute atomic E-state index is 11.8. The zero-order valence-electron chi connectivity index (χ0n) is 13.1. The van der Waals surface area contributed by atoms with Gasteiger partial charge in [-0.25, -0.2) is 13.1 Å². The van der Waals surface area contributed by atoms with E-state index in [1.54, 1.807) is 19.2 Å². The first-order valence-electron chi connectivity index (χ1n) is 6.96. The Labute approximate surface area is 139 Å². The van der Waals surface area contributed by atoms with E-state index < -0.39 is 14.9 Å². The van der Waals surface area contributed by atoms with Crippen molar-refractivity contribution in [1.82, 2.24) is 4.72 Å². The molecule has 0 atom stereocenters. The number of rotatable bonds is 7. The normalized spacial score (nSPS) is 11.1. The molecule has 0 heterocycles. The zero-order valence-corrected chi connectivity index (χ0v) is 14.0. The molecule has 0 radical (unpaired) electrons. The summed E-state index contributed by atoms with van der Waals surface area (Å²) in [4.78, 5) is 10.4. The van der Waals surface area contributed by atoms with E-state index in [1.165, 1.54) is 19.2 Å². The first-order chi connectivity index (χ1) is 11.4. The van der Waals surface area contributed by atoms with Gasteiger partial charge in [0.2, 0.25) is 10.0 Å². The number of sulfonamides is 1. The van der Waals surface area contributed by atoms with Gasteiger partial charge in [-0.3, -0.25) is 10.1 Å². The lowest BCUT2D eigenvalue weighted by Crippen LogP contribution is -2.18. The van der Waals surface area contributed by atoms with E-state index in [1.807, 2.05) is 12.1 Å². The monoisotopic (exact) mass is 351 g/mol. The molecular weight excluding hydrogens is 334 g/mol. The van der Waals surface area contributed by atoms with Crippen LogP contribution in [0.25, 0.3) is 0 Å². The smallest absolute Gasteiger partial charge is 0.293 e. The van der Waals surface area contributed by atoms with Crippen molar-refractivity contribution in [1.29, 1.82) is 0 Å². The Morgan fingerprint density at radius 2 is 1.96 bits per heavy atom. The maximum atomic E-state index is 11.8. The molecule has 0 aromatic heterocycles. The Morgan fingerprint density at radius 3 is 2.58 bits per heavy atom. The summed E-state index contributed by atoms with van der Waals surface area (Å²) in [7, 11) is -0.946. The topological polar surface area (TPSA) is 111 Å². The van der Waals surface area contributed by atoms with Crippen molar-refractivity contribution >= 4 is 21.4 Å². The van der Waals surface area contributed by atoms with E-state index in [4.69, 9.17) is 4.74 Å². The predicted molar refractivity (Wildman–Crippen MR) is 89.7 cm³/mol. The highest BCUT2D eigenvalue weighted by atomic mass is 32.2. The molecule has 0 unspecified atom stereocenters. The molecule has 9 heteroatoms. The SMILES string of the molecule is CNS(=O)(=O)c1ccc(NCc2cccc(OC)c2)c([N+](=O)[O-])c1. The zero-order chi connectivity index (χ0) is 17.7. The van der Waals surface area contributed by atoms with Crippen LogP contribution < -0.4 is 14.8 Å². The number of hydrogen-bond acceptors (Lipinski definition) is 6. The van der Waals surface area contributed by atoms with Crippen LogP contribution in [0, 0.1) is 10.1 Å². The van der Waals surface area contributed by atoms with Gasteiger partial charge in [-0.1, -0.05) is 12.1 Å². The summed E-state index contributed by atoms with van der Waals surface area (Å²) in [5, 5.41) is 14.2. The van der Waals surface area contributed by atoms with E-state index in [-0.39, 0.29) is 16.3 Å². The second-order valence-corrected chi connectivity index (χ2v) is 6.74. The molecule has 0 spiro atoms. The van der Waals surface area contributed by atoms with Gasteiger partial charge in [0.15, 0.2) is 0 Å². The number of anilines is 1. The highest BCUT2D eigenvalue weighted by Crippen LogP contribution is 2.28. The third kappa shape index (κ3) is 4.00. The first kappa shape index (κ1) is 17.7. The fourth-order valence-corrected chi connectivity index (χ4v) is 2.83. The lowest BCUT2D eigenvalue weighted by molar-refractivity contribution is -0.384. The van der Waals surface area contributed by atoms with Gasteiger partial charge < -0.3 is 10.1 Å². The number of benzene rings is 2. The second kappa shape index (κ2) is 7.28. The van der Waals surface area contributed by atoms with Crippen LogP contribution in [0.3, 0.4) is 0 Å². The molecule has 2 rings (SSSR count). The molecule has 2 aromatic rings. The third-order valence-corrected chi connectivity index (χ3v) is 4.77. The van der Waals surface area contributed by atoms with Crippen LogP contribution in [-0.4, -0.2) is 27.5 Å². The molecule has 0 fully saturated rings. The van der Waals surface area contributed by atoms with Gasteiger partial charge in [-0.2, -0.15) is 0 Å². The van der Waals surface area contributed by atoms with Crippen molar-refractivity contribution in [2.75, 3.05) is 19.5 Å². The molecule has 8 nitrogen and oxygen atoms in total. The molecule has 0 aliphatic rings. The van der Waals surface area contributed by atoms with Gasteiger partial charge in [-0.15, -0.1) is 0 Å². The van der Waals surface area contributed by atoms with Crippen LogP contribution in [-0.2, 0) is 16.6 Å². The molecule has 0 saturated carbocycles. The van der Waals surface area contributed by atoms with Gasteiger partial charge >= 0.3 is 0 Å². The van der Waals surface area contributed by atoms with E-state index in [2.05, 4.69) is 10.0 Å². The Bertz CT molecular complexity index is 852. The number of ether oxygens (including phenoxy) is 1. The number of nitrogens with one attached hydrogen (secondary N) is 2. The largest absolute Gasteiger partial charge is 0.497 e. The van der Waals surface area contributed by atoms with Gasteiger partial charge in [0, 0.05) is 12.6 Å². The number of nitrogens with zero attached hydrogens (tertiary/aromatic N) is 1. The van der Waals surface area contributed by atoms with Crippen molar-refractivity contribution in [3.05, 3.63) is 58.1 Å². The number of hydrogen-bond donors (Lipinski definition) is 2. The minimum absolute atomic E-state index is 0.163. The first-order valence-corrected chi connectivity index (χ1v) is 8.44. The van der Waals surface area contributed by atoms with E-state index in [0.29, 0.717) is 12.3 Å². The molecular formula is C15H17N3O5S. The summed E-state index contributed by atoms with van der Waals surface area (Å²) in [6.45, 7) is 0.330. The minimum atomic E-state index is -3.75. The Kier molecular flexibility index (Phi) is 5.37. The molecule has 2 N–H and O–H groups in total. The van der Waals surface area contributed by atoms with Crippen molar-refractivity contribution in [3.63, 3.8) is 0 Å². The standard InChI is InChI=1S/C15H17N3O5S/c1-16-24(21,22)13-6-7-14(15(9-13)18(19)20)17-10-11-4-3-5-12(8-11)23-2/h3-9,16-17H,10H2,1-2H3. The molecule has 24 heavy (non-hydrogen) atoms. The Hall–Kier alpha value is -2.65. The van der Waals surface area contributed by atoms with Gasteiger partial charge in [-0.05, 0) is 36.9 Å².